The Kier molecular flexibility index (Phi) is 3.41. The van der Waals surface area contributed by atoms with E-state index in [9.17, 15) is 9.90 Å². The number of piperazine rings is 1. The number of rotatable bonds is 1. The van der Waals surface area contributed by atoms with Crippen LogP contribution in [0.3, 0.4) is 0 Å². The average molecular weight is 214 g/mol. The third-order valence-electron chi connectivity index (χ3n) is 2.96. The third kappa shape index (κ3) is 2.32. The van der Waals surface area contributed by atoms with Gasteiger partial charge in [0.05, 0.1) is 6.61 Å². The van der Waals surface area contributed by atoms with Crippen molar-refractivity contribution >= 4 is 5.91 Å². The summed E-state index contributed by atoms with van der Waals surface area (Å²) in [5.41, 5.74) is -0.0935. The third-order valence-corrected chi connectivity index (χ3v) is 2.96. The zero-order chi connectivity index (χ0) is 11.8. The van der Waals surface area contributed by atoms with E-state index < -0.39 is 6.04 Å². The topological polar surface area (TPSA) is 43.8 Å². The van der Waals surface area contributed by atoms with E-state index in [1.807, 2.05) is 0 Å². The van der Waals surface area contributed by atoms with Gasteiger partial charge in [-0.1, -0.05) is 0 Å². The highest BCUT2D eigenvalue weighted by molar-refractivity contribution is 5.82. The highest BCUT2D eigenvalue weighted by Crippen LogP contribution is 2.25. The van der Waals surface area contributed by atoms with Crippen molar-refractivity contribution < 1.29 is 9.90 Å². The van der Waals surface area contributed by atoms with Crippen molar-refractivity contribution in [2.75, 3.05) is 20.2 Å². The molecule has 0 spiro atoms. The predicted octanol–water partition coefficient (Wildman–Crippen LogP) is 0.308. The standard InChI is InChI=1S/C11H22N2O2/c1-8-6-12(5)10(15)9(7-14)13(8)11(2,3)4/h8-9,14H,6-7H2,1-5H3. The lowest BCUT2D eigenvalue weighted by atomic mass is 9.96. The van der Waals surface area contributed by atoms with Gasteiger partial charge in [-0.2, -0.15) is 0 Å². The number of carbonyl (C=O) groups excluding carboxylic acids is 1. The second-order valence-electron chi connectivity index (χ2n) is 5.34. The predicted molar refractivity (Wildman–Crippen MR) is 59.6 cm³/mol. The van der Waals surface area contributed by atoms with Crippen molar-refractivity contribution in [2.24, 2.45) is 0 Å². The summed E-state index contributed by atoms with van der Waals surface area (Å²) in [6.45, 7) is 8.94. The van der Waals surface area contributed by atoms with Crippen LogP contribution < -0.4 is 0 Å². The van der Waals surface area contributed by atoms with Gasteiger partial charge in [0.15, 0.2) is 0 Å². The first-order valence-corrected chi connectivity index (χ1v) is 5.43. The Morgan fingerprint density at radius 2 is 2.00 bits per heavy atom. The fourth-order valence-corrected chi connectivity index (χ4v) is 2.55. The van der Waals surface area contributed by atoms with Crippen molar-refractivity contribution in [3.8, 4) is 0 Å². The maximum atomic E-state index is 11.9. The summed E-state index contributed by atoms with van der Waals surface area (Å²) in [5, 5.41) is 9.34. The molecule has 0 aliphatic carbocycles. The van der Waals surface area contributed by atoms with Gasteiger partial charge in [0, 0.05) is 25.2 Å². The normalized spacial score (nSPS) is 29.7. The zero-order valence-corrected chi connectivity index (χ0v) is 10.3. The molecule has 1 rings (SSSR count). The quantitative estimate of drug-likeness (QED) is 0.683. The van der Waals surface area contributed by atoms with Gasteiger partial charge >= 0.3 is 0 Å². The van der Waals surface area contributed by atoms with E-state index in [-0.39, 0.29) is 24.1 Å². The summed E-state index contributed by atoms with van der Waals surface area (Å²) in [6, 6.07) is -0.108. The minimum atomic E-state index is -0.390. The Balaban J connectivity index is 2.97. The van der Waals surface area contributed by atoms with E-state index in [2.05, 4.69) is 32.6 Å². The van der Waals surface area contributed by atoms with E-state index in [0.29, 0.717) is 0 Å². The monoisotopic (exact) mass is 214 g/mol. The van der Waals surface area contributed by atoms with Crippen LogP contribution in [0.4, 0.5) is 0 Å². The molecular formula is C11H22N2O2. The smallest absolute Gasteiger partial charge is 0.242 e. The number of aliphatic hydroxyl groups is 1. The molecule has 88 valence electrons. The molecule has 0 bridgehead atoms. The summed E-state index contributed by atoms with van der Waals surface area (Å²) in [6.07, 6.45) is 0. The van der Waals surface area contributed by atoms with Gasteiger partial charge in [-0.15, -0.1) is 0 Å². The molecule has 2 atom stereocenters. The SMILES string of the molecule is CC1CN(C)C(=O)C(CO)N1C(C)(C)C. The molecule has 1 aliphatic rings. The first-order chi connectivity index (χ1) is 6.79. The van der Waals surface area contributed by atoms with Gasteiger partial charge < -0.3 is 10.0 Å². The molecule has 0 radical (unpaired) electrons. The lowest BCUT2D eigenvalue weighted by Crippen LogP contribution is -2.66. The van der Waals surface area contributed by atoms with Gasteiger partial charge in [-0.25, -0.2) is 0 Å². The summed E-state index contributed by atoms with van der Waals surface area (Å²) in [5.74, 6) is 0.0190. The Morgan fingerprint density at radius 3 is 2.40 bits per heavy atom. The minimum absolute atomic E-state index is 0.0190. The molecule has 1 saturated heterocycles. The van der Waals surface area contributed by atoms with Crippen LogP contribution in [-0.4, -0.2) is 58.6 Å². The van der Waals surface area contributed by atoms with Crippen LogP contribution in [0.2, 0.25) is 0 Å². The molecule has 0 aromatic rings. The van der Waals surface area contributed by atoms with Crippen LogP contribution in [0.1, 0.15) is 27.7 Å². The zero-order valence-electron chi connectivity index (χ0n) is 10.3. The number of amides is 1. The molecule has 0 aromatic heterocycles. The first-order valence-electron chi connectivity index (χ1n) is 5.43. The summed E-state index contributed by atoms with van der Waals surface area (Å²) < 4.78 is 0. The van der Waals surface area contributed by atoms with Crippen LogP contribution in [-0.2, 0) is 4.79 Å². The maximum Gasteiger partial charge on any atom is 0.242 e. The van der Waals surface area contributed by atoms with Gasteiger partial charge in [0.1, 0.15) is 6.04 Å². The molecule has 4 heteroatoms. The van der Waals surface area contributed by atoms with Gasteiger partial charge in [-0.3, -0.25) is 9.69 Å². The summed E-state index contributed by atoms with van der Waals surface area (Å²) in [7, 11) is 1.79. The summed E-state index contributed by atoms with van der Waals surface area (Å²) in [4.78, 5) is 15.7. The number of nitrogens with zero attached hydrogens (tertiary/aromatic N) is 2. The molecule has 1 aliphatic heterocycles. The lowest BCUT2D eigenvalue weighted by Gasteiger charge is -2.49. The molecule has 0 aromatic carbocycles. The number of aliphatic hydroxyl groups excluding tert-OH is 1. The molecule has 1 fully saturated rings. The number of hydrogen-bond acceptors (Lipinski definition) is 3. The van der Waals surface area contributed by atoms with E-state index in [1.54, 1.807) is 11.9 Å². The van der Waals surface area contributed by atoms with Crippen LogP contribution in [0.5, 0.6) is 0 Å². The van der Waals surface area contributed by atoms with Gasteiger partial charge in [0.25, 0.3) is 0 Å². The second kappa shape index (κ2) is 4.10. The highest BCUT2D eigenvalue weighted by Gasteiger charge is 2.41. The van der Waals surface area contributed by atoms with Crippen LogP contribution in [0.15, 0.2) is 0 Å². The molecular weight excluding hydrogens is 192 g/mol. The van der Waals surface area contributed by atoms with Crippen molar-refractivity contribution in [2.45, 2.75) is 45.3 Å². The Hall–Kier alpha value is -0.610. The maximum absolute atomic E-state index is 11.9. The molecule has 0 saturated carbocycles. The highest BCUT2D eigenvalue weighted by atomic mass is 16.3. The minimum Gasteiger partial charge on any atom is -0.394 e. The molecule has 1 heterocycles. The fourth-order valence-electron chi connectivity index (χ4n) is 2.55. The fraction of sp³-hybridized carbons (Fsp3) is 0.909. The molecule has 15 heavy (non-hydrogen) atoms. The summed E-state index contributed by atoms with van der Waals surface area (Å²) >= 11 is 0. The number of hydrogen-bond donors (Lipinski definition) is 1. The largest absolute Gasteiger partial charge is 0.394 e. The second-order valence-corrected chi connectivity index (χ2v) is 5.34. The number of carbonyl (C=O) groups is 1. The van der Waals surface area contributed by atoms with Crippen LogP contribution in [0.25, 0.3) is 0 Å². The molecule has 2 unspecified atom stereocenters. The van der Waals surface area contributed by atoms with Crippen molar-refractivity contribution in [3.05, 3.63) is 0 Å². The van der Waals surface area contributed by atoms with E-state index in [0.717, 1.165) is 6.54 Å². The van der Waals surface area contributed by atoms with Crippen molar-refractivity contribution in [3.63, 3.8) is 0 Å². The van der Waals surface area contributed by atoms with Crippen LogP contribution >= 0.6 is 0 Å². The average Bonchev–Trinajstić information content (AvgIpc) is 2.08. The number of likely N-dealkylation sites (N-methyl/N-ethyl adjacent to an activating group) is 1. The first kappa shape index (κ1) is 12.5. The Bertz CT molecular complexity index is 247. The van der Waals surface area contributed by atoms with E-state index in [1.165, 1.54) is 0 Å². The van der Waals surface area contributed by atoms with Gasteiger partial charge in [0.2, 0.25) is 5.91 Å². The van der Waals surface area contributed by atoms with Crippen molar-refractivity contribution in [1.82, 2.24) is 9.80 Å². The van der Waals surface area contributed by atoms with E-state index >= 15 is 0 Å². The molecule has 4 nitrogen and oxygen atoms in total. The van der Waals surface area contributed by atoms with Crippen LogP contribution in [0, 0.1) is 0 Å². The van der Waals surface area contributed by atoms with Crippen molar-refractivity contribution in [1.29, 1.82) is 0 Å². The Labute approximate surface area is 91.9 Å². The van der Waals surface area contributed by atoms with Gasteiger partial charge in [-0.05, 0) is 27.7 Å². The van der Waals surface area contributed by atoms with E-state index in [4.69, 9.17) is 0 Å². The Morgan fingerprint density at radius 1 is 1.47 bits per heavy atom. The lowest BCUT2D eigenvalue weighted by molar-refractivity contribution is -0.150. The molecule has 1 N–H and O–H groups in total. The molecule has 1 amide bonds.